The molecule has 2 rings (SSSR count). The number of benzene rings is 1. The molecule has 0 spiro atoms. The second-order valence-electron chi connectivity index (χ2n) is 4.92. The van der Waals surface area contributed by atoms with Crippen LogP contribution < -0.4 is 5.32 Å². The summed E-state index contributed by atoms with van der Waals surface area (Å²) >= 11 is 2.85. The van der Waals surface area contributed by atoms with E-state index >= 15 is 0 Å². The molecule has 0 bridgehead atoms. The number of nitrogens with one attached hydrogen (secondary N) is 1. The highest BCUT2D eigenvalue weighted by Crippen LogP contribution is 2.26. The molecule has 7 heteroatoms. The summed E-state index contributed by atoms with van der Waals surface area (Å²) in [7, 11) is 1.83. The first-order valence-corrected chi connectivity index (χ1v) is 9.03. The Morgan fingerprint density at radius 3 is 2.87 bits per heavy atom. The molecule has 0 fully saturated rings. The van der Waals surface area contributed by atoms with Crippen LogP contribution in [-0.2, 0) is 4.79 Å². The highest BCUT2D eigenvalue weighted by Gasteiger charge is 2.18. The van der Waals surface area contributed by atoms with Gasteiger partial charge in [0.15, 0.2) is 4.34 Å². The average molecular weight is 348 g/mol. The van der Waals surface area contributed by atoms with E-state index in [0.29, 0.717) is 12.3 Å². The third-order valence-electron chi connectivity index (χ3n) is 3.38. The standard InChI is InChI=1S/C16H20N4OS2/c1-4-10-17-15-18-19-16(23-15)22-11-14(21)20(3)12(2)13-8-6-5-7-9-13/h4-9,12H,1,10-11H2,2-3H3,(H,17,18)/t12-/m0/s1. The van der Waals surface area contributed by atoms with Crippen LogP contribution >= 0.6 is 23.1 Å². The van der Waals surface area contributed by atoms with Gasteiger partial charge in [-0.2, -0.15) is 0 Å². The van der Waals surface area contributed by atoms with Crippen molar-refractivity contribution in [3.63, 3.8) is 0 Å². The van der Waals surface area contributed by atoms with E-state index in [1.54, 1.807) is 11.0 Å². The fourth-order valence-electron chi connectivity index (χ4n) is 1.90. The summed E-state index contributed by atoms with van der Waals surface area (Å²) in [4.78, 5) is 14.1. The van der Waals surface area contributed by atoms with Gasteiger partial charge >= 0.3 is 0 Å². The van der Waals surface area contributed by atoms with Crippen LogP contribution in [0.15, 0.2) is 47.3 Å². The molecule has 2 aromatic rings. The van der Waals surface area contributed by atoms with Gasteiger partial charge < -0.3 is 10.2 Å². The number of aromatic nitrogens is 2. The van der Waals surface area contributed by atoms with Crippen molar-refractivity contribution >= 4 is 34.1 Å². The number of hydrogen-bond donors (Lipinski definition) is 1. The minimum atomic E-state index is 0.0449. The first-order valence-electron chi connectivity index (χ1n) is 7.23. The Balaban J connectivity index is 1.86. The van der Waals surface area contributed by atoms with Crippen LogP contribution in [0, 0.1) is 0 Å². The van der Waals surface area contributed by atoms with Crippen LogP contribution in [0.25, 0.3) is 0 Å². The number of carbonyl (C=O) groups is 1. The average Bonchev–Trinajstić information content (AvgIpc) is 3.05. The van der Waals surface area contributed by atoms with Crippen LogP contribution in [0.1, 0.15) is 18.5 Å². The molecule has 122 valence electrons. The molecule has 0 unspecified atom stereocenters. The second kappa shape index (κ2) is 8.69. The van der Waals surface area contributed by atoms with Gasteiger partial charge in [-0.05, 0) is 12.5 Å². The minimum Gasteiger partial charge on any atom is -0.357 e. The molecule has 0 aliphatic rings. The topological polar surface area (TPSA) is 58.1 Å². The lowest BCUT2D eigenvalue weighted by molar-refractivity contribution is -0.128. The highest BCUT2D eigenvalue weighted by atomic mass is 32.2. The SMILES string of the molecule is C=CCNc1nnc(SCC(=O)N(C)[C@@H](C)c2ccccc2)s1. The monoisotopic (exact) mass is 348 g/mol. The zero-order valence-electron chi connectivity index (χ0n) is 13.2. The van der Waals surface area contributed by atoms with E-state index in [1.807, 2.05) is 44.3 Å². The van der Waals surface area contributed by atoms with Crippen LogP contribution in [-0.4, -0.2) is 40.3 Å². The molecular formula is C16H20N4OS2. The zero-order chi connectivity index (χ0) is 16.7. The van der Waals surface area contributed by atoms with E-state index in [0.717, 1.165) is 15.0 Å². The first kappa shape index (κ1) is 17.5. The molecule has 1 atom stereocenters. The van der Waals surface area contributed by atoms with Crippen LogP contribution in [0.4, 0.5) is 5.13 Å². The maximum absolute atomic E-state index is 12.3. The number of thioether (sulfide) groups is 1. The van der Waals surface area contributed by atoms with Crippen LogP contribution in [0.3, 0.4) is 0 Å². The van der Waals surface area contributed by atoms with Crippen LogP contribution in [0.2, 0.25) is 0 Å². The molecule has 0 saturated carbocycles. The van der Waals surface area contributed by atoms with Gasteiger partial charge in [0.25, 0.3) is 0 Å². The van der Waals surface area contributed by atoms with Gasteiger partial charge in [0.05, 0.1) is 11.8 Å². The maximum atomic E-state index is 12.3. The molecule has 0 aliphatic carbocycles. The summed E-state index contributed by atoms with van der Waals surface area (Å²) in [5.41, 5.74) is 1.13. The molecule has 23 heavy (non-hydrogen) atoms. The van der Waals surface area contributed by atoms with Gasteiger partial charge in [0, 0.05) is 13.6 Å². The molecule has 1 amide bonds. The zero-order valence-corrected chi connectivity index (χ0v) is 14.9. The quantitative estimate of drug-likeness (QED) is 0.585. The lowest BCUT2D eigenvalue weighted by Gasteiger charge is -2.25. The Kier molecular flexibility index (Phi) is 6.61. The van der Waals surface area contributed by atoms with Gasteiger partial charge in [0.1, 0.15) is 0 Å². The number of carbonyl (C=O) groups excluding carboxylic acids is 1. The van der Waals surface area contributed by atoms with E-state index in [2.05, 4.69) is 22.1 Å². The molecule has 1 aromatic carbocycles. The number of anilines is 1. The van der Waals surface area contributed by atoms with E-state index < -0.39 is 0 Å². The summed E-state index contributed by atoms with van der Waals surface area (Å²) in [6, 6.07) is 10.0. The van der Waals surface area contributed by atoms with Gasteiger partial charge in [-0.1, -0.05) is 59.5 Å². The number of hydrogen-bond acceptors (Lipinski definition) is 6. The van der Waals surface area contributed by atoms with Crippen molar-refractivity contribution in [3.8, 4) is 0 Å². The van der Waals surface area contributed by atoms with Crippen molar-refractivity contribution in [2.45, 2.75) is 17.3 Å². The van der Waals surface area contributed by atoms with E-state index in [9.17, 15) is 4.79 Å². The summed E-state index contributed by atoms with van der Waals surface area (Å²) in [5.74, 6) is 0.422. The predicted octanol–water partition coefficient (Wildman–Crippen LogP) is 3.45. The van der Waals surface area contributed by atoms with Gasteiger partial charge in [0.2, 0.25) is 11.0 Å². The number of amides is 1. The summed E-state index contributed by atoms with van der Waals surface area (Å²) in [6.07, 6.45) is 1.76. The summed E-state index contributed by atoms with van der Waals surface area (Å²) < 4.78 is 0.783. The van der Waals surface area contributed by atoms with Gasteiger partial charge in [-0.3, -0.25) is 4.79 Å². The van der Waals surface area contributed by atoms with Crippen molar-refractivity contribution in [2.24, 2.45) is 0 Å². The lowest BCUT2D eigenvalue weighted by Crippen LogP contribution is -2.31. The molecule has 1 heterocycles. The molecule has 1 aromatic heterocycles. The van der Waals surface area contributed by atoms with Gasteiger partial charge in [-0.15, -0.1) is 16.8 Å². The lowest BCUT2D eigenvalue weighted by atomic mass is 10.1. The smallest absolute Gasteiger partial charge is 0.233 e. The van der Waals surface area contributed by atoms with Crippen molar-refractivity contribution in [2.75, 3.05) is 24.7 Å². The van der Waals surface area contributed by atoms with E-state index in [4.69, 9.17) is 0 Å². The van der Waals surface area contributed by atoms with Gasteiger partial charge in [-0.25, -0.2) is 0 Å². The molecule has 0 aliphatic heterocycles. The third kappa shape index (κ3) is 5.07. The largest absolute Gasteiger partial charge is 0.357 e. The Hall–Kier alpha value is -1.86. The number of nitrogens with zero attached hydrogens (tertiary/aromatic N) is 3. The van der Waals surface area contributed by atoms with Crippen molar-refractivity contribution in [3.05, 3.63) is 48.6 Å². The predicted molar refractivity (Wildman–Crippen MR) is 96.9 cm³/mol. The number of rotatable bonds is 8. The Bertz CT molecular complexity index is 645. The summed E-state index contributed by atoms with van der Waals surface area (Å²) in [6.45, 7) is 6.32. The fraction of sp³-hybridized carbons (Fsp3) is 0.312. The Morgan fingerprint density at radius 2 is 2.17 bits per heavy atom. The first-order chi connectivity index (χ1) is 11.1. The normalized spacial score (nSPS) is 11.7. The maximum Gasteiger partial charge on any atom is 0.233 e. The minimum absolute atomic E-state index is 0.0449. The van der Waals surface area contributed by atoms with Crippen molar-refractivity contribution in [1.82, 2.24) is 15.1 Å². The Morgan fingerprint density at radius 1 is 1.43 bits per heavy atom. The molecule has 1 N–H and O–H groups in total. The van der Waals surface area contributed by atoms with E-state index in [1.165, 1.54) is 23.1 Å². The summed E-state index contributed by atoms with van der Waals surface area (Å²) in [5, 5.41) is 11.9. The Labute approximate surface area is 144 Å². The fourth-order valence-corrected chi connectivity index (χ4v) is 3.58. The molecular weight excluding hydrogens is 328 g/mol. The van der Waals surface area contributed by atoms with E-state index in [-0.39, 0.29) is 11.9 Å². The molecule has 0 saturated heterocycles. The second-order valence-corrected chi connectivity index (χ2v) is 7.12. The highest BCUT2D eigenvalue weighted by molar-refractivity contribution is 8.01. The third-order valence-corrected chi connectivity index (χ3v) is 5.38. The van der Waals surface area contributed by atoms with Crippen molar-refractivity contribution in [1.29, 1.82) is 0 Å². The van der Waals surface area contributed by atoms with Crippen LogP contribution in [0.5, 0.6) is 0 Å². The molecule has 5 nitrogen and oxygen atoms in total. The van der Waals surface area contributed by atoms with Crippen molar-refractivity contribution < 1.29 is 4.79 Å². The molecule has 0 radical (unpaired) electrons.